The Morgan fingerprint density at radius 3 is 2.63 bits per heavy atom. The van der Waals surface area contributed by atoms with Crippen LogP contribution in [0.15, 0.2) is 60.9 Å². The first-order valence-electron chi connectivity index (χ1n) is 9.69. The van der Waals surface area contributed by atoms with Gasteiger partial charge in [-0.15, -0.1) is 0 Å². The van der Waals surface area contributed by atoms with Crippen LogP contribution in [0, 0.1) is 0 Å². The third-order valence-corrected chi connectivity index (χ3v) is 4.77. The Bertz CT molecular complexity index is 929. The molecule has 8 heteroatoms. The molecule has 0 fully saturated rings. The zero-order chi connectivity index (χ0) is 21.3. The molecular formula is C22H26N4O4. The molecule has 2 aromatic carbocycles. The molecule has 0 aliphatic rings. The molecule has 1 heterocycles. The third-order valence-electron chi connectivity index (χ3n) is 4.77. The summed E-state index contributed by atoms with van der Waals surface area (Å²) < 4.78 is 5.23. The van der Waals surface area contributed by atoms with Gasteiger partial charge in [-0.1, -0.05) is 24.3 Å². The lowest BCUT2D eigenvalue weighted by Crippen LogP contribution is -2.43. The van der Waals surface area contributed by atoms with Gasteiger partial charge in [-0.2, -0.15) is 5.10 Å². The molecule has 2 amide bonds. The van der Waals surface area contributed by atoms with Crippen LogP contribution in [-0.2, 0) is 0 Å². The molecule has 0 aliphatic heterocycles. The number of carbonyl (C=O) groups excluding carboxylic acids is 1. The Morgan fingerprint density at radius 1 is 1.20 bits per heavy atom. The second-order valence-corrected chi connectivity index (χ2v) is 6.72. The number of benzene rings is 2. The largest absolute Gasteiger partial charge is 0.497 e. The minimum Gasteiger partial charge on any atom is -0.497 e. The number of hydrogen-bond acceptors (Lipinski definition) is 5. The highest BCUT2D eigenvalue weighted by Crippen LogP contribution is 2.24. The van der Waals surface area contributed by atoms with Crippen molar-refractivity contribution in [1.29, 1.82) is 0 Å². The number of anilines is 1. The zero-order valence-corrected chi connectivity index (χ0v) is 16.8. The lowest BCUT2D eigenvalue weighted by Gasteiger charge is -2.26. The SMILES string of the molecule is COc1cccc(C(CO)NC(=O)N(CCCO)c2ccc(-c3cn[nH]c3)cc2)c1. The van der Waals surface area contributed by atoms with Crippen LogP contribution in [-0.4, -0.2) is 53.3 Å². The van der Waals surface area contributed by atoms with Gasteiger partial charge in [-0.3, -0.25) is 10.00 Å². The molecule has 8 nitrogen and oxygen atoms in total. The molecule has 30 heavy (non-hydrogen) atoms. The Hall–Kier alpha value is -3.36. The average Bonchev–Trinajstić information content (AvgIpc) is 3.33. The molecule has 3 aromatic rings. The fourth-order valence-corrected chi connectivity index (χ4v) is 3.14. The van der Waals surface area contributed by atoms with Crippen molar-refractivity contribution in [3.8, 4) is 16.9 Å². The van der Waals surface area contributed by atoms with Gasteiger partial charge in [-0.05, 0) is 41.8 Å². The summed E-state index contributed by atoms with van der Waals surface area (Å²) in [6, 6.07) is 13.8. The van der Waals surface area contributed by atoms with Crippen molar-refractivity contribution in [2.24, 2.45) is 0 Å². The van der Waals surface area contributed by atoms with E-state index < -0.39 is 6.04 Å². The van der Waals surface area contributed by atoms with Crippen LogP contribution in [0.4, 0.5) is 10.5 Å². The van der Waals surface area contributed by atoms with Crippen molar-refractivity contribution in [1.82, 2.24) is 15.5 Å². The highest BCUT2D eigenvalue weighted by molar-refractivity contribution is 5.92. The van der Waals surface area contributed by atoms with Gasteiger partial charge in [-0.25, -0.2) is 4.79 Å². The highest BCUT2D eigenvalue weighted by Gasteiger charge is 2.20. The molecule has 1 aromatic heterocycles. The summed E-state index contributed by atoms with van der Waals surface area (Å²) in [6.45, 7) is 0.0476. The van der Waals surface area contributed by atoms with Gasteiger partial charge in [0.05, 0.1) is 26.0 Å². The maximum absolute atomic E-state index is 13.0. The van der Waals surface area contributed by atoms with Crippen LogP contribution in [0.1, 0.15) is 18.0 Å². The van der Waals surface area contributed by atoms with Gasteiger partial charge in [0.2, 0.25) is 0 Å². The van der Waals surface area contributed by atoms with E-state index in [1.165, 1.54) is 0 Å². The van der Waals surface area contributed by atoms with Crippen LogP contribution in [0.3, 0.4) is 0 Å². The van der Waals surface area contributed by atoms with E-state index >= 15 is 0 Å². The molecular weight excluding hydrogens is 384 g/mol. The molecule has 0 saturated carbocycles. The summed E-state index contributed by atoms with van der Waals surface area (Å²) in [5.41, 5.74) is 3.35. The number of nitrogens with zero attached hydrogens (tertiary/aromatic N) is 2. The van der Waals surface area contributed by atoms with E-state index in [0.29, 0.717) is 24.4 Å². The number of methoxy groups -OCH3 is 1. The number of amides is 2. The molecule has 1 unspecified atom stereocenters. The van der Waals surface area contributed by atoms with Crippen molar-refractivity contribution >= 4 is 11.7 Å². The number of nitrogens with one attached hydrogen (secondary N) is 2. The summed E-state index contributed by atoms with van der Waals surface area (Å²) in [6.07, 6.45) is 3.95. The highest BCUT2D eigenvalue weighted by atomic mass is 16.5. The maximum Gasteiger partial charge on any atom is 0.322 e. The third kappa shape index (κ3) is 5.16. The van der Waals surface area contributed by atoms with E-state index in [2.05, 4.69) is 15.5 Å². The molecule has 0 spiro atoms. The average molecular weight is 410 g/mol. The molecule has 0 radical (unpaired) electrons. The number of hydrogen-bond donors (Lipinski definition) is 4. The molecule has 3 rings (SSSR count). The second kappa shape index (κ2) is 10.4. The second-order valence-electron chi connectivity index (χ2n) is 6.72. The van der Waals surface area contributed by atoms with Gasteiger partial charge >= 0.3 is 6.03 Å². The van der Waals surface area contributed by atoms with Gasteiger partial charge in [0.1, 0.15) is 5.75 Å². The predicted octanol–water partition coefficient (Wildman–Crippen LogP) is 2.72. The van der Waals surface area contributed by atoms with Crippen LogP contribution < -0.4 is 15.0 Å². The van der Waals surface area contributed by atoms with E-state index in [1.807, 2.05) is 30.3 Å². The van der Waals surface area contributed by atoms with Gasteiger partial charge in [0.15, 0.2) is 0 Å². The van der Waals surface area contributed by atoms with Crippen molar-refractivity contribution < 1.29 is 19.7 Å². The van der Waals surface area contributed by atoms with Crippen molar-refractivity contribution in [2.75, 3.05) is 31.8 Å². The number of carbonyl (C=O) groups is 1. The minimum absolute atomic E-state index is 0.0316. The summed E-state index contributed by atoms with van der Waals surface area (Å²) in [5, 5.41) is 28.7. The van der Waals surface area contributed by atoms with Crippen molar-refractivity contribution in [2.45, 2.75) is 12.5 Å². The topological polar surface area (TPSA) is 111 Å². The quantitative estimate of drug-likeness (QED) is 0.434. The monoisotopic (exact) mass is 410 g/mol. The first-order chi connectivity index (χ1) is 14.7. The molecule has 1 atom stereocenters. The van der Waals surface area contributed by atoms with Crippen LogP contribution >= 0.6 is 0 Å². The number of aromatic nitrogens is 2. The fourth-order valence-electron chi connectivity index (χ4n) is 3.14. The Labute approximate surface area is 175 Å². The van der Waals surface area contributed by atoms with Crippen LogP contribution in [0.5, 0.6) is 5.75 Å². The van der Waals surface area contributed by atoms with E-state index in [-0.39, 0.29) is 19.2 Å². The van der Waals surface area contributed by atoms with E-state index in [0.717, 1.165) is 16.7 Å². The molecule has 158 valence electrons. The molecule has 0 bridgehead atoms. The number of ether oxygens (including phenoxy) is 1. The number of rotatable bonds is 9. The molecule has 0 aliphatic carbocycles. The fraction of sp³-hybridized carbons (Fsp3) is 0.273. The van der Waals surface area contributed by atoms with Gasteiger partial charge in [0, 0.05) is 30.6 Å². The number of H-pyrrole nitrogens is 1. The summed E-state index contributed by atoms with van der Waals surface area (Å²) >= 11 is 0. The van der Waals surface area contributed by atoms with Crippen LogP contribution in [0.25, 0.3) is 11.1 Å². The number of aliphatic hydroxyl groups is 2. The summed E-state index contributed by atoms with van der Waals surface area (Å²) in [4.78, 5) is 14.6. The van der Waals surface area contributed by atoms with Crippen LogP contribution in [0.2, 0.25) is 0 Å². The predicted molar refractivity (Wildman–Crippen MR) is 114 cm³/mol. The normalized spacial score (nSPS) is 11.7. The van der Waals surface area contributed by atoms with Crippen molar-refractivity contribution in [3.63, 3.8) is 0 Å². The van der Waals surface area contributed by atoms with E-state index in [1.54, 1.807) is 42.6 Å². The number of urea groups is 1. The van der Waals surface area contributed by atoms with E-state index in [9.17, 15) is 15.0 Å². The summed E-state index contributed by atoms with van der Waals surface area (Å²) in [5.74, 6) is 0.646. The standard InChI is InChI=1S/C22H26N4O4/c1-30-20-5-2-4-17(12-20)21(15-28)25-22(29)26(10-3-11-27)19-8-6-16(7-9-19)18-13-23-24-14-18/h2,4-9,12-14,21,27-28H,3,10-11,15H2,1H3,(H,23,24)(H,25,29). The van der Waals surface area contributed by atoms with E-state index in [4.69, 9.17) is 4.74 Å². The number of aromatic amines is 1. The van der Waals surface area contributed by atoms with Gasteiger partial charge in [0.25, 0.3) is 0 Å². The lowest BCUT2D eigenvalue weighted by molar-refractivity contribution is 0.220. The maximum atomic E-state index is 13.0. The smallest absolute Gasteiger partial charge is 0.322 e. The molecule has 0 saturated heterocycles. The minimum atomic E-state index is -0.588. The van der Waals surface area contributed by atoms with Crippen molar-refractivity contribution in [3.05, 3.63) is 66.5 Å². The first-order valence-corrected chi connectivity index (χ1v) is 9.69. The summed E-state index contributed by atoms with van der Waals surface area (Å²) in [7, 11) is 1.56. The number of aliphatic hydroxyl groups excluding tert-OH is 2. The molecule has 4 N–H and O–H groups in total. The zero-order valence-electron chi connectivity index (χ0n) is 16.8. The first kappa shape index (κ1) is 21.4. The Balaban J connectivity index is 1.78. The Morgan fingerprint density at radius 2 is 2.00 bits per heavy atom. The van der Waals surface area contributed by atoms with Gasteiger partial charge < -0.3 is 20.3 Å². The lowest BCUT2D eigenvalue weighted by atomic mass is 10.1. The Kier molecular flexibility index (Phi) is 7.42.